The van der Waals surface area contributed by atoms with Gasteiger partial charge in [-0.2, -0.15) is 0 Å². The Morgan fingerprint density at radius 3 is 1.36 bits per heavy atom. The van der Waals surface area contributed by atoms with Crippen LogP contribution in [0.1, 0.15) is 20.3 Å². The molecule has 1 N–H and O–H groups in total. The van der Waals surface area contributed by atoms with E-state index in [-0.39, 0.29) is 58.8 Å². The van der Waals surface area contributed by atoms with Gasteiger partial charge in [-0.15, -0.1) is 0 Å². The van der Waals surface area contributed by atoms with Crippen LogP contribution in [0.2, 0.25) is 0 Å². The van der Waals surface area contributed by atoms with Gasteiger partial charge in [-0.25, -0.2) is 14.4 Å². The summed E-state index contributed by atoms with van der Waals surface area (Å²) in [5.41, 5.74) is -1.06. The Morgan fingerprint density at radius 1 is 0.667 bits per heavy atom. The van der Waals surface area contributed by atoms with Crippen LogP contribution in [0.4, 0.5) is 0 Å². The van der Waals surface area contributed by atoms with Crippen molar-refractivity contribution in [2.75, 3.05) is 80.7 Å². The van der Waals surface area contributed by atoms with Crippen molar-refractivity contribution in [1.82, 2.24) is 5.32 Å². The van der Waals surface area contributed by atoms with Gasteiger partial charge < -0.3 is 38.5 Å². The van der Waals surface area contributed by atoms with Gasteiger partial charge in [0.25, 0.3) is 0 Å². The standard InChI is InChI=1S/C21H37NO11/c1-16(2)6-7-22-17(23)8-30-12-21(13-31-9-18(24)27-3,14-32-10-19(25)28-4)15-33-11-20(26)29-5/h16H,6-15H2,1-5H3,(H,22,23). The van der Waals surface area contributed by atoms with E-state index in [4.69, 9.17) is 18.9 Å². The van der Waals surface area contributed by atoms with Crippen LogP contribution in [0, 0.1) is 11.3 Å². The minimum absolute atomic E-state index is 0.0892. The molecule has 33 heavy (non-hydrogen) atoms. The molecule has 0 aromatic rings. The van der Waals surface area contributed by atoms with E-state index in [1.807, 2.05) is 13.8 Å². The molecule has 0 bridgehead atoms. The summed E-state index contributed by atoms with van der Waals surface area (Å²) in [6.45, 7) is 2.93. The minimum atomic E-state index is -1.06. The Morgan fingerprint density at radius 2 is 1.03 bits per heavy atom. The number of esters is 3. The summed E-state index contributed by atoms with van der Waals surface area (Å²) in [6.07, 6.45) is 0.833. The van der Waals surface area contributed by atoms with Crippen LogP contribution in [-0.4, -0.2) is 105 Å². The number of carbonyl (C=O) groups is 4. The lowest BCUT2D eigenvalue weighted by Crippen LogP contribution is -2.44. The average Bonchev–Trinajstić information content (AvgIpc) is 2.78. The van der Waals surface area contributed by atoms with Crippen molar-refractivity contribution in [2.45, 2.75) is 20.3 Å². The van der Waals surface area contributed by atoms with Gasteiger partial charge in [-0.3, -0.25) is 4.79 Å². The Hall–Kier alpha value is -2.28. The molecule has 0 rings (SSSR count). The van der Waals surface area contributed by atoms with Gasteiger partial charge in [0, 0.05) is 6.54 Å². The van der Waals surface area contributed by atoms with Crippen LogP contribution in [0.25, 0.3) is 0 Å². The van der Waals surface area contributed by atoms with Gasteiger partial charge in [-0.05, 0) is 12.3 Å². The van der Waals surface area contributed by atoms with Gasteiger partial charge in [0.2, 0.25) is 5.91 Å². The highest BCUT2D eigenvalue weighted by Crippen LogP contribution is 2.21. The van der Waals surface area contributed by atoms with Crippen molar-refractivity contribution < 1.29 is 52.3 Å². The maximum absolute atomic E-state index is 12.0. The third-order valence-corrected chi connectivity index (χ3v) is 4.25. The molecule has 0 radical (unpaired) electrons. The molecule has 12 nitrogen and oxygen atoms in total. The zero-order valence-corrected chi connectivity index (χ0v) is 20.1. The van der Waals surface area contributed by atoms with E-state index < -0.39 is 23.3 Å². The summed E-state index contributed by atoms with van der Waals surface area (Å²) in [5.74, 6) is -1.64. The zero-order chi connectivity index (χ0) is 25.1. The largest absolute Gasteiger partial charge is 0.467 e. The molecule has 0 heterocycles. The number of carbonyl (C=O) groups excluding carboxylic acids is 4. The van der Waals surface area contributed by atoms with E-state index in [2.05, 4.69) is 19.5 Å². The molecule has 0 saturated heterocycles. The second kappa shape index (κ2) is 18.2. The third-order valence-electron chi connectivity index (χ3n) is 4.25. The van der Waals surface area contributed by atoms with E-state index in [9.17, 15) is 19.2 Å². The van der Waals surface area contributed by atoms with Crippen molar-refractivity contribution in [2.24, 2.45) is 11.3 Å². The number of ether oxygens (including phenoxy) is 7. The van der Waals surface area contributed by atoms with Gasteiger partial charge in [0.05, 0.1) is 53.2 Å². The lowest BCUT2D eigenvalue weighted by molar-refractivity contribution is -0.159. The van der Waals surface area contributed by atoms with Crippen molar-refractivity contribution in [3.63, 3.8) is 0 Å². The second-order valence-electron chi connectivity index (χ2n) is 7.73. The van der Waals surface area contributed by atoms with Crippen LogP contribution in [0.15, 0.2) is 0 Å². The maximum atomic E-state index is 12.0. The fourth-order valence-corrected chi connectivity index (χ4v) is 2.39. The molecule has 0 aliphatic heterocycles. The summed E-state index contributed by atoms with van der Waals surface area (Å²) in [5, 5.41) is 2.76. The fraction of sp³-hybridized carbons (Fsp3) is 0.810. The Bertz CT molecular complexity index is 540. The predicted molar refractivity (Wildman–Crippen MR) is 114 cm³/mol. The van der Waals surface area contributed by atoms with E-state index in [0.717, 1.165) is 6.42 Å². The summed E-state index contributed by atoms with van der Waals surface area (Å²) >= 11 is 0. The molecule has 0 aliphatic carbocycles. The second-order valence-corrected chi connectivity index (χ2v) is 7.73. The number of methoxy groups -OCH3 is 3. The molecular formula is C21H37NO11. The number of hydrogen-bond acceptors (Lipinski definition) is 11. The first-order chi connectivity index (χ1) is 15.7. The van der Waals surface area contributed by atoms with Crippen molar-refractivity contribution in [1.29, 1.82) is 0 Å². The minimum Gasteiger partial charge on any atom is -0.467 e. The molecule has 0 atom stereocenters. The Balaban J connectivity index is 5.13. The van der Waals surface area contributed by atoms with Crippen molar-refractivity contribution in [3.05, 3.63) is 0 Å². The lowest BCUT2D eigenvalue weighted by Gasteiger charge is -2.32. The topological polar surface area (TPSA) is 145 Å². The van der Waals surface area contributed by atoms with Gasteiger partial charge in [-0.1, -0.05) is 13.8 Å². The van der Waals surface area contributed by atoms with Crippen LogP contribution >= 0.6 is 0 Å². The van der Waals surface area contributed by atoms with E-state index in [0.29, 0.717) is 12.5 Å². The van der Waals surface area contributed by atoms with Crippen LogP contribution in [-0.2, 0) is 52.3 Å². The lowest BCUT2D eigenvalue weighted by atomic mass is 9.92. The van der Waals surface area contributed by atoms with Gasteiger partial charge in [0.15, 0.2) is 0 Å². The van der Waals surface area contributed by atoms with E-state index in [1.54, 1.807) is 0 Å². The molecule has 192 valence electrons. The number of rotatable bonds is 19. The molecule has 0 unspecified atom stereocenters. The van der Waals surface area contributed by atoms with E-state index >= 15 is 0 Å². The molecule has 12 heteroatoms. The van der Waals surface area contributed by atoms with Crippen LogP contribution in [0.3, 0.4) is 0 Å². The molecular weight excluding hydrogens is 442 g/mol. The highest BCUT2D eigenvalue weighted by Gasteiger charge is 2.34. The molecule has 1 amide bonds. The SMILES string of the molecule is COC(=O)COCC(COCC(=O)NCCC(C)C)(COCC(=O)OC)COCC(=O)OC. The summed E-state index contributed by atoms with van der Waals surface area (Å²) in [6, 6.07) is 0. The number of amides is 1. The monoisotopic (exact) mass is 479 g/mol. The molecule has 0 saturated carbocycles. The summed E-state index contributed by atoms with van der Waals surface area (Å²) in [7, 11) is 3.66. The van der Waals surface area contributed by atoms with Crippen LogP contribution < -0.4 is 5.32 Å². The summed E-state index contributed by atoms with van der Waals surface area (Å²) < 4.78 is 35.5. The number of nitrogens with one attached hydrogen (secondary N) is 1. The predicted octanol–water partition coefficient (Wildman–Crippen LogP) is -0.279. The Kier molecular flexibility index (Phi) is 16.9. The molecule has 0 fully saturated rings. The maximum Gasteiger partial charge on any atom is 0.331 e. The smallest absolute Gasteiger partial charge is 0.331 e. The molecule has 0 aromatic carbocycles. The van der Waals surface area contributed by atoms with Crippen LogP contribution in [0.5, 0.6) is 0 Å². The van der Waals surface area contributed by atoms with Gasteiger partial charge >= 0.3 is 17.9 Å². The Labute approximate surface area is 194 Å². The summed E-state index contributed by atoms with van der Waals surface area (Å²) in [4.78, 5) is 46.3. The molecule has 0 aliphatic rings. The third kappa shape index (κ3) is 16.1. The normalized spacial score (nSPS) is 11.2. The quantitative estimate of drug-likeness (QED) is 0.193. The highest BCUT2D eigenvalue weighted by atomic mass is 16.6. The van der Waals surface area contributed by atoms with E-state index in [1.165, 1.54) is 21.3 Å². The highest BCUT2D eigenvalue weighted by molar-refractivity contribution is 5.77. The van der Waals surface area contributed by atoms with Crippen molar-refractivity contribution >= 4 is 23.8 Å². The fourth-order valence-electron chi connectivity index (χ4n) is 2.39. The van der Waals surface area contributed by atoms with Crippen molar-refractivity contribution in [3.8, 4) is 0 Å². The first kappa shape index (κ1) is 30.7. The first-order valence-corrected chi connectivity index (χ1v) is 10.5. The number of hydrogen-bond donors (Lipinski definition) is 1. The van der Waals surface area contributed by atoms with Gasteiger partial charge in [0.1, 0.15) is 26.4 Å². The molecule has 0 aromatic heterocycles. The zero-order valence-electron chi connectivity index (χ0n) is 20.1. The average molecular weight is 480 g/mol. The first-order valence-electron chi connectivity index (χ1n) is 10.5. The molecule has 0 spiro atoms.